The van der Waals surface area contributed by atoms with Crippen LogP contribution in [0.15, 0.2) is 24.3 Å². The molecule has 1 nitrogen and oxygen atoms in total. The Balaban J connectivity index is 2.96. The molecule has 0 aliphatic rings. The van der Waals surface area contributed by atoms with Gasteiger partial charge in [-0.2, -0.15) is 0 Å². The number of halogens is 1. The minimum absolute atomic E-state index is 0.211. The lowest BCUT2D eigenvalue weighted by Gasteiger charge is -2.30. The molecule has 0 amide bonds. The van der Waals surface area contributed by atoms with E-state index in [0.717, 1.165) is 5.02 Å². The zero-order valence-corrected chi connectivity index (χ0v) is 10.0. The highest BCUT2D eigenvalue weighted by atomic mass is 35.5. The SMILES string of the molecule is CN[C@@H](c1ccc(Cl)cc1)C(C)(C)C. The predicted molar refractivity (Wildman–Crippen MR) is 62.7 cm³/mol. The Hall–Kier alpha value is -0.530. The summed E-state index contributed by atoms with van der Waals surface area (Å²) in [5, 5.41) is 4.12. The van der Waals surface area contributed by atoms with Gasteiger partial charge in [0.15, 0.2) is 0 Å². The molecule has 78 valence electrons. The quantitative estimate of drug-likeness (QED) is 0.788. The number of benzene rings is 1. The molecule has 0 aliphatic heterocycles. The Morgan fingerprint density at radius 3 is 2.00 bits per heavy atom. The van der Waals surface area contributed by atoms with Crippen LogP contribution >= 0.6 is 11.6 Å². The van der Waals surface area contributed by atoms with E-state index in [4.69, 9.17) is 11.6 Å². The first kappa shape index (κ1) is 11.5. The fourth-order valence-electron chi connectivity index (χ4n) is 1.75. The molecule has 14 heavy (non-hydrogen) atoms. The van der Waals surface area contributed by atoms with Gasteiger partial charge in [0.05, 0.1) is 0 Å². The van der Waals surface area contributed by atoms with Crippen molar-refractivity contribution in [3.8, 4) is 0 Å². The standard InChI is InChI=1S/C12H18ClN/c1-12(2,3)11(14-4)9-5-7-10(13)8-6-9/h5-8,11,14H,1-4H3/t11-/m0/s1. The van der Waals surface area contributed by atoms with Crippen molar-refractivity contribution in [2.75, 3.05) is 7.05 Å². The largest absolute Gasteiger partial charge is 0.313 e. The van der Waals surface area contributed by atoms with E-state index >= 15 is 0 Å². The van der Waals surface area contributed by atoms with Crippen LogP contribution in [-0.2, 0) is 0 Å². The van der Waals surface area contributed by atoms with Crippen LogP contribution in [0, 0.1) is 5.41 Å². The smallest absolute Gasteiger partial charge is 0.0406 e. The van der Waals surface area contributed by atoms with E-state index in [0.29, 0.717) is 6.04 Å². The second kappa shape index (κ2) is 4.33. The van der Waals surface area contributed by atoms with Crippen molar-refractivity contribution in [1.29, 1.82) is 0 Å². The van der Waals surface area contributed by atoms with Crippen molar-refractivity contribution in [3.05, 3.63) is 34.9 Å². The summed E-state index contributed by atoms with van der Waals surface area (Å²) < 4.78 is 0. The van der Waals surface area contributed by atoms with Crippen molar-refractivity contribution in [1.82, 2.24) is 5.32 Å². The number of hydrogen-bond acceptors (Lipinski definition) is 1. The first-order valence-electron chi connectivity index (χ1n) is 4.88. The van der Waals surface area contributed by atoms with Crippen molar-refractivity contribution >= 4 is 11.6 Å². The van der Waals surface area contributed by atoms with Gasteiger partial charge < -0.3 is 5.32 Å². The van der Waals surface area contributed by atoms with E-state index in [9.17, 15) is 0 Å². The summed E-state index contributed by atoms with van der Waals surface area (Å²) >= 11 is 5.85. The molecule has 0 saturated heterocycles. The van der Waals surface area contributed by atoms with Crippen LogP contribution in [-0.4, -0.2) is 7.05 Å². The topological polar surface area (TPSA) is 12.0 Å². The van der Waals surface area contributed by atoms with Gasteiger partial charge in [0.2, 0.25) is 0 Å². The first-order chi connectivity index (χ1) is 6.45. The second-order valence-electron chi connectivity index (χ2n) is 4.64. The number of nitrogens with one attached hydrogen (secondary N) is 1. The van der Waals surface area contributed by atoms with Crippen LogP contribution in [0.3, 0.4) is 0 Å². The summed E-state index contributed by atoms with van der Waals surface area (Å²) in [5.74, 6) is 0. The van der Waals surface area contributed by atoms with Gasteiger partial charge in [-0.25, -0.2) is 0 Å². The minimum atomic E-state index is 0.211. The highest BCUT2D eigenvalue weighted by Crippen LogP contribution is 2.32. The Bertz CT molecular complexity index is 284. The highest BCUT2D eigenvalue weighted by Gasteiger charge is 2.24. The molecule has 1 rings (SSSR count). The maximum Gasteiger partial charge on any atom is 0.0406 e. The third-order valence-electron chi connectivity index (χ3n) is 2.36. The summed E-state index contributed by atoms with van der Waals surface area (Å²) in [6.45, 7) is 6.67. The van der Waals surface area contributed by atoms with Crippen LogP contribution in [0.4, 0.5) is 0 Å². The van der Waals surface area contributed by atoms with E-state index in [1.807, 2.05) is 19.2 Å². The molecule has 0 radical (unpaired) electrons. The fourth-order valence-corrected chi connectivity index (χ4v) is 1.88. The van der Waals surface area contributed by atoms with Gasteiger partial charge >= 0.3 is 0 Å². The maximum absolute atomic E-state index is 5.85. The zero-order valence-electron chi connectivity index (χ0n) is 9.26. The van der Waals surface area contributed by atoms with Gasteiger partial charge in [-0.15, -0.1) is 0 Å². The van der Waals surface area contributed by atoms with Gasteiger partial charge in [0.1, 0.15) is 0 Å². The summed E-state index contributed by atoms with van der Waals surface area (Å²) in [6, 6.07) is 8.39. The zero-order chi connectivity index (χ0) is 10.8. The molecule has 0 bridgehead atoms. The van der Waals surface area contributed by atoms with Crippen molar-refractivity contribution in [3.63, 3.8) is 0 Å². The third-order valence-corrected chi connectivity index (χ3v) is 2.61. The molecule has 0 spiro atoms. The van der Waals surface area contributed by atoms with Gasteiger partial charge in [-0.05, 0) is 30.2 Å². The minimum Gasteiger partial charge on any atom is -0.313 e. The fraction of sp³-hybridized carbons (Fsp3) is 0.500. The molecule has 0 aromatic heterocycles. The van der Waals surface area contributed by atoms with E-state index in [-0.39, 0.29) is 5.41 Å². The molecular weight excluding hydrogens is 194 g/mol. The monoisotopic (exact) mass is 211 g/mol. The van der Waals surface area contributed by atoms with Crippen LogP contribution in [0.5, 0.6) is 0 Å². The highest BCUT2D eigenvalue weighted by molar-refractivity contribution is 6.30. The second-order valence-corrected chi connectivity index (χ2v) is 5.08. The Morgan fingerprint density at radius 2 is 1.64 bits per heavy atom. The molecule has 2 heteroatoms. The molecule has 1 aromatic carbocycles. The average Bonchev–Trinajstić information content (AvgIpc) is 2.07. The number of rotatable bonds is 2. The maximum atomic E-state index is 5.85. The van der Waals surface area contributed by atoms with Gasteiger partial charge in [-0.1, -0.05) is 44.5 Å². The van der Waals surface area contributed by atoms with Gasteiger partial charge in [0, 0.05) is 11.1 Å². The van der Waals surface area contributed by atoms with Crippen LogP contribution < -0.4 is 5.32 Å². The molecule has 1 N–H and O–H groups in total. The summed E-state index contributed by atoms with van der Waals surface area (Å²) in [5.41, 5.74) is 1.49. The van der Waals surface area contributed by atoms with Crippen molar-refractivity contribution < 1.29 is 0 Å². The van der Waals surface area contributed by atoms with E-state index in [1.54, 1.807) is 0 Å². The molecular formula is C12H18ClN. The van der Waals surface area contributed by atoms with Crippen molar-refractivity contribution in [2.24, 2.45) is 5.41 Å². The molecule has 1 aromatic rings. The molecule has 0 unspecified atom stereocenters. The van der Waals surface area contributed by atoms with E-state index in [1.165, 1.54) is 5.56 Å². The van der Waals surface area contributed by atoms with Crippen LogP contribution in [0.2, 0.25) is 5.02 Å². The van der Waals surface area contributed by atoms with E-state index in [2.05, 4.69) is 38.2 Å². The van der Waals surface area contributed by atoms with Gasteiger partial charge in [-0.3, -0.25) is 0 Å². The molecule has 0 fully saturated rings. The first-order valence-corrected chi connectivity index (χ1v) is 5.25. The predicted octanol–water partition coefficient (Wildman–Crippen LogP) is 3.65. The molecule has 0 saturated carbocycles. The Labute approximate surface area is 91.5 Å². The van der Waals surface area contributed by atoms with Gasteiger partial charge in [0.25, 0.3) is 0 Å². The number of hydrogen-bond donors (Lipinski definition) is 1. The van der Waals surface area contributed by atoms with Crippen molar-refractivity contribution in [2.45, 2.75) is 26.8 Å². The van der Waals surface area contributed by atoms with E-state index < -0.39 is 0 Å². The molecule has 1 atom stereocenters. The summed E-state index contributed by atoms with van der Waals surface area (Å²) in [6.07, 6.45) is 0. The Kier molecular flexibility index (Phi) is 3.57. The van der Waals surface area contributed by atoms with Crippen LogP contribution in [0.25, 0.3) is 0 Å². The lowest BCUT2D eigenvalue weighted by molar-refractivity contribution is 0.287. The van der Waals surface area contributed by atoms with Crippen LogP contribution in [0.1, 0.15) is 32.4 Å². The average molecular weight is 212 g/mol. The Morgan fingerprint density at radius 1 is 1.14 bits per heavy atom. The third kappa shape index (κ3) is 2.73. The lowest BCUT2D eigenvalue weighted by Crippen LogP contribution is -2.29. The lowest BCUT2D eigenvalue weighted by atomic mass is 9.82. The summed E-state index contributed by atoms with van der Waals surface area (Å²) in [7, 11) is 1.99. The normalized spacial score (nSPS) is 14.1. The summed E-state index contributed by atoms with van der Waals surface area (Å²) in [4.78, 5) is 0. The molecule has 0 aliphatic carbocycles. The molecule has 0 heterocycles.